The van der Waals surface area contributed by atoms with Crippen LogP contribution in [0.1, 0.15) is 24.0 Å². The zero-order valence-electron chi connectivity index (χ0n) is 15.1. The predicted octanol–water partition coefficient (Wildman–Crippen LogP) is 1.75. The molecule has 1 aromatic carbocycles. The molecule has 6 heteroatoms. The van der Waals surface area contributed by atoms with E-state index in [9.17, 15) is 4.79 Å². The quantitative estimate of drug-likeness (QED) is 0.733. The van der Waals surface area contributed by atoms with E-state index in [0.717, 1.165) is 25.0 Å². The van der Waals surface area contributed by atoms with Crippen molar-refractivity contribution >= 4 is 5.91 Å². The Morgan fingerprint density at radius 1 is 1.24 bits per heavy atom. The monoisotopic (exact) mass is 349 g/mol. The van der Waals surface area contributed by atoms with Gasteiger partial charge in [-0.1, -0.05) is 6.07 Å². The third kappa shape index (κ3) is 3.97. The summed E-state index contributed by atoms with van der Waals surface area (Å²) in [7, 11) is 3.31. The Morgan fingerprint density at radius 3 is 2.76 bits per heavy atom. The molecule has 138 valence electrons. The Labute approximate surface area is 149 Å². The molecule has 0 bridgehead atoms. The van der Waals surface area contributed by atoms with Crippen molar-refractivity contribution in [2.24, 2.45) is 0 Å². The van der Waals surface area contributed by atoms with Crippen LogP contribution < -0.4 is 4.74 Å². The fourth-order valence-corrected chi connectivity index (χ4v) is 3.71. The first kappa shape index (κ1) is 18.2. The van der Waals surface area contributed by atoms with Crippen LogP contribution in [0.2, 0.25) is 0 Å². The number of methoxy groups -OCH3 is 2. The van der Waals surface area contributed by atoms with Gasteiger partial charge in [0.15, 0.2) is 0 Å². The molecule has 2 heterocycles. The van der Waals surface area contributed by atoms with Gasteiger partial charge >= 0.3 is 0 Å². The molecule has 25 heavy (non-hydrogen) atoms. The van der Waals surface area contributed by atoms with E-state index in [1.54, 1.807) is 14.2 Å². The van der Waals surface area contributed by atoms with Crippen molar-refractivity contribution in [3.8, 4) is 5.75 Å². The second-order valence-electron chi connectivity index (χ2n) is 6.54. The number of hydrogen-bond acceptors (Lipinski definition) is 5. The lowest BCUT2D eigenvalue weighted by molar-refractivity contribution is -0.145. The van der Waals surface area contributed by atoms with Crippen molar-refractivity contribution in [3.05, 3.63) is 29.3 Å². The van der Waals surface area contributed by atoms with Crippen LogP contribution in [0, 0.1) is 0 Å². The van der Waals surface area contributed by atoms with Gasteiger partial charge in [0, 0.05) is 20.2 Å². The van der Waals surface area contributed by atoms with Gasteiger partial charge in [-0.3, -0.25) is 4.79 Å². The summed E-state index contributed by atoms with van der Waals surface area (Å²) in [6.45, 7) is 3.16. The zero-order valence-corrected chi connectivity index (χ0v) is 15.1. The number of carbonyl (C=O) groups excluding carboxylic acids is 1. The standard InChI is InChI=1S/C19H27NO5/c1-22-11-12-24-14-18(21)20-8-6-19(7-9-20)17-4-3-16(23-2)13-15(17)5-10-25-19/h3-4,13H,5-12,14H2,1-2H3. The molecule has 0 radical (unpaired) electrons. The fraction of sp³-hybridized carbons (Fsp3) is 0.632. The number of amides is 1. The molecular formula is C19H27NO5. The third-order valence-corrected chi connectivity index (χ3v) is 5.13. The number of nitrogens with zero attached hydrogens (tertiary/aromatic N) is 1. The highest BCUT2D eigenvalue weighted by molar-refractivity contribution is 5.77. The third-order valence-electron chi connectivity index (χ3n) is 5.13. The summed E-state index contributed by atoms with van der Waals surface area (Å²) in [5.41, 5.74) is 2.28. The van der Waals surface area contributed by atoms with Crippen molar-refractivity contribution < 1.29 is 23.7 Å². The van der Waals surface area contributed by atoms with Gasteiger partial charge < -0.3 is 23.8 Å². The average Bonchev–Trinajstić information content (AvgIpc) is 2.65. The summed E-state index contributed by atoms with van der Waals surface area (Å²) in [5.74, 6) is 0.924. The Hall–Kier alpha value is -1.63. The minimum Gasteiger partial charge on any atom is -0.497 e. The minimum absolute atomic E-state index is 0.0386. The summed E-state index contributed by atoms with van der Waals surface area (Å²) >= 11 is 0. The first-order valence-electron chi connectivity index (χ1n) is 8.84. The first-order valence-corrected chi connectivity index (χ1v) is 8.84. The van der Waals surface area contributed by atoms with E-state index < -0.39 is 0 Å². The lowest BCUT2D eigenvalue weighted by atomic mass is 9.79. The SMILES string of the molecule is COCCOCC(=O)N1CCC2(CC1)OCCc1cc(OC)ccc12. The van der Waals surface area contributed by atoms with Crippen molar-refractivity contribution in [2.75, 3.05) is 53.7 Å². The van der Waals surface area contributed by atoms with Gasteiger partial charge in [0.05, 0.1) is 32.5 Å². The number of rotatable bonds is 6. The van der Waals surface area contributed by atoms with E-state index in [0.29, 0.717) is 32.9 Å². The Kier molecular flexibility index (Phi) is 5.93. The average molecular weight is 349 g/mol. The molecule has 2 aliphatic rings. The molecule has 1 fully saturated rings. The largest absolute Gasteiger partial charge is 0.497 e. The van der Waals surface area contributed by atoms with Gasteiger partial charge in [-0.25, -0.2) is 0 Å². The molecule has 1 aromatic rings. The summed E-state index contributed by atoms with van der Waals surface area (Å²) in [4.78, 5) is 14.1. The number of benzene rings is 1. The van der Waals surface area contributed by atoms with Crippen molar-refractivity contribution in [1.82, 2.24) is 4.90 Å². The maximum Gasteiger partial charge on any atom is 0.248 e. The second kappa shape index (κ2) is 8.17. The molecule has 2 aliphatic heterocycles. The molecule has 1 spiro atoms. The maximum atomic E-state index is 12.3. The molecular weight excluding hydrogens is 322 g/mol. The van der Waals surface area contributed by atoms with Crippen molar-refractivity contribution in [3.63, 3.8) is 0 Å². The van der Waals surface area contributed by atoms with Gasteiger partial charge in [-0.15, -0.1) is 0 Å². The van der Waals surface area contributed by atoms with Gasteiger partial charge in [0.1, 0.15) is 12.4 Å². The lowest BCUT2D eigenvalue weighted by Crippen LogP contribution is -2.49. The Morgan fingerprint density at radius 2 is 2.04 bits per heavy atom. The molecule has 0 saturated carbocycles. The van der Waals surface area contributed by atoms with Crippen LogP contribution in [-0.2, 0) is 31.0 Å². The fourth-order valence-electron chi connectivity index (χ4n) is 3.71. The Bertz CT molecular complexity index is 595. The van der Waals surface area contributed by atoms with E-state index >= 15 is 0 Å². The van der Waals surface area contributed by atoms with E-state index in [4.69, 9.17) is 18.9 Å². The van der Waals surface area contributed by atoms with Crippen LogP contribution in [-0.4, -0.2) is 64.5 Å². The van der Waals surface area contributed by atoms with Crippen LogP contribution >= 0.6 is 0 Å². The number of likely N-dealkylation sites (tertiary alicyclic amines) is 1. The van der Waals surface area contributed by atoms with E-state index in [1.165, 1.54) is 11.1 Å². The van der Waals surface area contributed by atoms with Crippen molar-refractivity contribution in [1.29, 1.82) is 0 Å². The normalized spacial score (nSPS) is 18.9. The topological polar surface area (TPSA) is 57.2 Å². The van der Waals surface area contributed by atoms with E-state index in [2.05, 4.69) is 12.1 Å². The number of hydrogen-bond donors (Lipinski definition) is 0. The van der Waals surface area contributed by atoms with Crippen LogP contribution in [0.25, 0.3) is 0 Å². The van der Waals surface area contributed by atoms with Crippen LogP contribution in [0.4, 0.5) is 0 Å². The number of piperidine rings is 1. The summed E-state index contributed by atoms with van der Waals surface area (Å²) in [6.07, 6.45) is 2.54. The van der Waals surface area contributed by atoms with E-state index in [1.807, 2.05) is 11.0 Å². The number of fused-ring (bicyclic) bond motifs is 2. The van der Waals surface area contributed by atoms with E-state index in [-0.39, 0.29) is 18.1 Å². The lowest BCUT2D eigenvalue weighted by Gasteiger charge is -2.45. The molecule has 0 unspecified atom stereocenters. The molecule has 1 saturated heterocycles. The first-order chi connectivity index (χ1) is 12.2. The predicted molar refractivity (Wildman–Crippen MR) is 92.8 cm³/mol. The molecule has 0 aromatic heterocycles. The van der Waals surface area contributed by atoms with Gasteiger partial charge in [0.2, 0.25) is 5.91 Å². The van der Waals surface area contributed by atoms with Crippen molar-refractivity contribution in [2.45, 2.75) is 24.9 Å². The molecule has 0 atom stereocenters. The van der Waals surface area contributed by atoms with Gasteiger partial charge in [-0.05, 0) is 42.5 Å². The molecule has 3 rings (SSSR count). The molecule has 0 aliphatic carbocycles. The highest BCUT2D eigenvalue weighted by Gasteiger charge is 2.41. The zero-order chi connectivity index (χ0) is 17.7. The molecule has 0 N–H and O–H groups in total. The van der Waals surface area contributed by atoms with Gasteiger partial charge in [-0.2, -0.15) is 0 Å². The molecule has 1 amide bonds. The highest BCUT2D eigenvalue weighted by Crippen LogP contribution is 2.42. The summed E-state index contributed by atoms with van der Waals surface area (Å²) in [6, 6.07) is 6.23. The van der Waals surface area contributed by atoms with Crippen LogP contribution in [0.15, 0.2) is 18.2 Å². The number of carbonyl (C=O) groups is 1. The smallest absolute Gasteiger partial charge is 0.248 e. The van der Waals surface area contributed by atoms with Crippen LogP contribution in [0.3, 0.4) is 0 Å². The molecule has 6 nitrogen and oxygen atoms in total. The Balaban J connectivity index is 1.61. The second-order valence-corrected chi connectivity index (χ2v) is 6.54. The minimum atomic E-state index is -0.270. The van der Waals surface area contributed by atoms with Gasteiger partial charge in [0.25, 0.3) is 0 Å². The maximum absolute atomic E-state index is 12.3. The van der Waals surface area contributed by atoms with Crippen LogP contribution in [0.5, 0.6) is 5.75 Å². The summed E-state index contributed by atoms with van der Waals surface area (Å²) < 4.78 is 21.8. The summed E-state index contributed by atoms with van der Waals surface area (Å²) in [5, 5.41) is 0. The highest BCUT2D eigenvalue weighted by atomic mass is 16.5. The number of ether oxygens (including phenoxy) is 4.